The summed E-state index contributed by atoms with van der Waals surface area (Å²) < 4.78 is 0. The van der Waals surface area contributed by atoms with Crippen LogP contribution in [0.1, 0.15) is 99.4 Å². The lowest BCUT2D eigenvalue weighted by molar-refractivity contribution is -0.149. The van der Waals surface area contributed by atoms with Gasteiger partial charge >= 0.3 is 41.8 Å². The topological polar surface area (TPSA) is 551 Å². The van der Waals surface area contributed by atoms with Crippen molar-refractivity contribution in [3.63, 3.8) is 0 Å². The van der Waals surface area contributed by atoms with Crippen molar-refractivity contribution in [1.82, 2.24) is 36.1 Å². The molecule has 1 heterocycles. The fourth-order valence-corrected chi connectivity index (χ4v) is 6.91. The number of nitrogens with one attached hydrogen (secondary N) is 6. The van der Waals surface area contributed by atoms with Crippen LogP contribution >= 0.6 is 0 Å². The summed E-state index contributed by atoms with van der Waals surface area (Å²) in [5.41, 5.74) is 16.5. The molecule has 6 atom stereocenters. The van der Waals surface area contributed by atoms with E-state index in [1.54, 1.807) is 0 Å². The molecule has 0 radical (unpaired) electrons. The summed E-state index contributed by atoms with van der Waals surface area (Å²) >= 11 is 0. The number of carbonyl (C=O) groups is 13. The third-order valence-electron chi connectivity index (χ3n) is 11.0. The molecule has 6 amide bonds. The molecule has 0 aliphatic heterocycles. The Balaban J connectivity index is 2.04. The minimum absolute atomic E-state index is 0.0393. The number of nitrogen functional groups attached to an aromatic ring is 2. The van der Waals surface area contributed by atoms with E-state index in [1.165, 1.54) is 24.3 Å². The number of anilines is 3. The number of carboxylic acid groups (broad SMARTS) is 7. The lowest BCUT2D eigenvalue weighted by atomic mass is 10.0. The highest BCUT2D eigenvalue weighted by molar-refractivity contribution is 6.07. The van der Waals surface area contributed by atoms with Crippen LogP contribution in [-0.4, -0.2) is 171 Å². The molecule has 416 valence electrons. The summed E-state index contributed by atoms with van der Waals surface area (Å²) in [4.78, 5) is 178. The molecule has 0 saturated carbocycles. The predicted molar refractivity (Wildman–Crippen MR) is 256 cm³/mol. The first kappa shape index (κ1) is 62.9. The molecule has 0 fully saturated rings. The molecule has 2 rings (SSSR count). The molecule has 19 N–H and O–H groups in total. The number of benzene rings is 1. The zero-order valence-corrected chi connectivity index (χ0v) is 40.4. The van der Waals surface area contributed by atoms with Gasteiger partial charge in [-0.05, 0) is 75.6 Å². The van der Waals surface area contributed by atoms with Gasteiger partial charge in [0.1, 0.15) is 42.1 Å². The summed E-state index contributed by atoms with van der Waals surface area (Å²) in [6, 6.07) is -5.35. The number of aliphatic carboxylic acids is 7. The van der Waals surface area contributed by atoms with Gasteiger partial charge in [-0.25, -0.2) is 24.0 Å². The van der Waals surface area contributed by atoms with Gasteiger partial charge in [-0.15, -0.1) is 0 Å². The van der Waals surface area contributed by atoms with Crippen LogP contribution in [0.15, 0.2) is 29.1 Å². The second-order valence-electron chi connectivity index (χ2n) is 16.7. The molecular weight excluding hydrogens is 1020 g/mol. The number of hydrogen-bond donors (Lipinski definition) is 16. The predicted octanol–water partition coefficient (Wildman–Crippen LogP) is -3.14. The molecule has 2 aromatic rings. The van der Waals surface area contributed by atoms with E-state index in [2.05, 4.69) is 36.6 Å². The van der Waals surface area contributed by atoms with Crippen molar-refractivity contribution in [2.24, 2.45) is 5.73 Å². The van der Waals surface area contributed by atoms with Crippen LogP contribution in [0, 0.1) is 0 Å². The van der Waals surface area contributed by atoms with Crippen LogP contribution in [0.25, 0.3) is 0 Å². The lowest BCUT2D eigenvalue weighted by Crippen LogP contribution is -2.49. The standard InChI is InChI=1S/C44H59N11O21/c45-23(38(65)66)7-13-29(56)49-24(39(67)68)8-14-30(57)50-25(40(69)70)9-15-31(58)51-26(41(71)72)10-16-32(59)52-27(42(73)74)11-17-33(60)55(28(43(75)76)12-18-34(61)62)37(64)20-3-5-21(6-4-20)48-19-1-2-22-35(46)53-44(47)54-36(22)63/h3-6,23-28,48H,1-2,7-19,45H2,(H,49,56)(H,50,57)(H,51,58)(H,52,59)(H,61,62)(H,65,66)(H,67,68)(H,69,70)(H,71,72)(H,73,74)(H,75,76)(H5,46,47,53,54,63)/t23-,24-,25-,26-,27-,28-/m0/s1. The number of carboxylic acids is 7. The van der Waals surface area contributed by atoms with Crippen molar-refractivity contribution in [2.45, 2.75) is 126 Å². The molecular formula is C44H59N11O21. The van der Waals surface area contributed by atoms with Gasteiger partial charge in [-0.3, -0.25) is 53.0 Å². The fraction of sp³-hybridized carbons (Fsp3) is 0.477. The molecule has 0 unspecified atom stereocenters. The summed E-state index contributed by atoms with van der Waals surface area (Å²) in [6.07, 6.45) is -7.42. The van der Waals surface area contributed by atoms with E-state index < -0.39 is 190 Å². The monoisotopic (exact) mass is 1080 g/mol. The van der Waals surface area contributed by atoms with E-state index in [4.69, 9.17) is 22.3 Å². The summed E-state index contributed by atoms with van der Waals surface area (Å²) in [5, 5.41) is 77.9. The number of amides is 6. The number of imide groups is 1. The molecule has 0 bridgehead atoms. The highest BCUT2D eigenvalue weighted by atomic mass is 16.4. The number of hydrogen-bond acceptors (Lipinski definition) is 19. The normalized spacial score (nSPS) is 13.2. The molecule has 1 aromatic carbocycles. The van der Waals surface area contributed by atoms with Crippen molar-refractivity contribution in [1.29, 1.82) is 0 Å². The Labute approximate surface area is 429 Å². The Morgan fingerprint density at radius 1 is 0.553 bits per heavy atom. The molecule has 0 saturated heterocycles. The van der Waals surface area contributed by atoms with Gasteiger partial charge in [0.25, 0.3) is 11.5 Å². The number of aromatic nitrogens is 2. The zero-order chi connectivity index (χ0) is 57.4. The maximum Gasteiger partial charge on any atom is 0.326 e. The number of nitrogens with two attached hydrogens (primary N) is 3. The average molecular weight is 1080 g/mol. The number of carbonyl (C=O) groups excluding carboxylic acids is 6. The van der Waals surface area contributed by atoms with Gasteiger partial charge in [-0.1, -0.05) is 0 Å². The highest BCUT2D eigenvalue weighted by Gasteiger charge is 2.37. The van der Waals surface area contributed by atoms with Gasteiger partial charge in [0, 0.05) is 56.3 Å². The first-order valence-corrected chi connectivity index (χ1v) is 23.0. The second-order valence-corrected chi connectivity index (χ2v) is 16.7. The maximum absolute atomic E-state index is 13.8. The third-order valence-corrected chi connectivity index (χ3v) is 11.0. The Hall–Kier alpha value is -9.23. The van der Waals surface area contributed by atoms with Gasteiger partial charge in [0.2, 0.25) is 35.5 Å². The van der Waals surface area contributed by atoms with Gasteiger partial charge in [0.15, 0.2) is 0 Å². The SMILES string of the molecule is Nc1nc(N)c(CCCNc2ccc(C(=O)N(C(=O)CC[C@H](NC(=O)CC[C@H](NC(=O)CC[C@H](NC(=O)CC[C@H](NC(=O)CC[C@H](N)C(=O)O)C(=O)O)C(=O)O)C(=O)O)C(=O)O)[C@@H](CCC(=O)O)C(=O)O)cc2)c(=O)[nH]1. The molecule has 1 aromatic heterocycles. The van der Waals surface area contributed by atoms with Crippen molar-refractivity contribution >= 4 is 94.7 Å². The molecule has 32 heteroatoms. The Morgan fingerprint density at radius 2 is 0.974 bits per heavy atom. The third kappa shape index (κ3) is 21.9. The van der Waals surface area contributed by atoms with Gasteiger partial charge in [0.05, 0.1) is 5.56 Å². The van der Waals surface area contributed by atoms with Gasteiger partial charge in [-0.2, -0.15) is 4.98 Å². The lowest BCUT2D eigenvalue weighted by Gasteiger charge is -2.28. The van der Waals surface area contributed by atoms with Gasteiger partial charge < -0.3 is 79.5 Å². The van der Waals surface area contributed by atoms with Crippen LogP contribution in [0.2, 0.25) is 0 Å². The van der Waals surface area contributed by atoms with E-state index in [1.807, 2.05) is 0 Å². The Morgan fingerprint density at radius 3 is 1.36 bits per heavy atom. The summed E-state index contributed by atoms with van der Waals surface area (Å²) in [5.74, 6) is -18.1. The van der Waals surface area contributed by atoms with Crippen LogP contribution < -0.4 is 49.3 Å². The minimum Gasteiger partial charge on any atom is -0.481 e. The van der Waals surface area contributed by atoms with Crippen molar-refractivity contribution in [3.8, 4) is 0 Å². The number of aromatic amines is 1. The maximum atomic E-state index is 13.8. The Bertz CT molecular complexity index is 2560. The summed E-state index contributed by atoms with van der Waals surface area (Å²) in [7, 11) is 0. The molecule has 32 nitrogen and oxygen atoms in total. The first-order valence-electron chi connectivity index (χ1n) is 23.0. The largest absolute Gasteiger partial charge is 0.481 e. The van der Waals surface area contributed by atoms with E-state index >= 15 is 0 Å². The van der Waals surface area contributed by atoms with Crippen molar-refractivity contribution in [3.05, 3.63) is 45.7 Å². The van der Waals surface area contributed by atoms with Crippen molar-refractivity contribution in [2.75, 3.05) is 23.3 Å². The van der Waals surface area contributed by atoms with E-state index in [9.17, 15) is 97.8 Å². The molecule has 0 aliphatic rings. The zero-order valence-electron chi connectivity index (χ0n) is 40.4. The minimum atomic E-state index is -2.06. The average Bonchev–Trinajstić information content (AvgIpc) is 3.33. The quantitative estimate of drug-likeness (QED) is 0.0303. The van der Waals surface area contributed by atoms with Crippen LogP contribution in [0.4, 0.5) is 17.5 Å². The number of H-pyrrole nitrogens is 1. The Kier molecular flexibility index (Phi) is 25.4. The van der Waals surface area contributed by atoms with Crippen LogP contribution in [-0.2, 0) is 64.0 Å². The van der Waals surface area contributed by atoms with Crippen LogP contribution in [0.5, 0.6) is 0 Å². The summed E-state index contributed by atoms with van der Waals surface area (Å²) in [6.45, 7) is 0.284. The molecule has 0 spiro atoms. The second kappa shape index (κ2) is 30.7. The van der Waals surface area contributed by atoms with Crippen LogP contribution in [0.3, 0.4) is 0 Å². The fourth-order valence-electron chi connectivity index (χ4n) is 6.91. The van der Waals surface area contributed by atoms with Crippen molar-refractivity contribution < 1.29 is 98.1 Å². The molecule has 76 heavy (non-hydrogen) atoms. The van der Waals surface area contributed by atoms with E-state index in [0.717, 1.165) is 0 Å². The molecule has 0 aliphatic carbocycles. The number of rotatable bonds is 35. The highest BCUT2D eigenvalue weighted by Crippen LogP contribution is 2.19. The smallest absolute Gasteiger partial charge is 0.326 e. The number of nitrogens with zero attached hydrogens (tertiary/aromatic N) is 2. The first-order chi connectivity index (χ1) is 35.6. The van der Waals surface area contributed by atoms with E-state index in [-0.39, 0.29) is 47.2 Å². The van der Waals surface area contributed by atoms with E-state index in [0.29, 0.717) is 12.1 Å².